The summed E-state index contributed by atoms with van der Waals surface area (Å²) in [4.78, 5) is 19.2. The summed E-state index contributed by atoms with van der Waals surface area (Å²) in [6.45, 7) is 0.628. The molecule has 0 unspecified atom stereocenters. The topological polar surface area (TPSA) is 33.2 Å². The number of halogens is 2. The van der Waals surface area contributed by atoms with Crippen LogP contribution in [0, 0.1) is 0 Å². The highest BCUT2D eigenvalue weighted by molar-refractivity contribution is 9.10. The summed E-state index contributed by atoms with van der Waals surface area (Å²) in [6.07, 6.45) is 0.338. The molecular formula is C12H12BrClN2OS2. The number of hydrogen-bond donors (Lipinski definition) is 0. The smallest absolute Gasteiger partial charge is 0.229 e. The molecular weight excluding hydrogens is 368 g/mol. The Balaban J connectivity index is 1.91. The Morgan fingerprint density at radius 2 is 2.26 bits per heavy atom. The van der Waals surface area contributed by atoms with E-state index in [0.717, 1.165) is 20.1 Å². The number of nitrogens with zero attached hydrogens (tertiary/aromatic N) is 2. The highest BCUT2D eigenvalue weighted by Crippen LogP contribution is 2.21. The fraction of sp³-hybridized carbons (Fsp3) is 0.333. The minimum absolute atomic E-state index is 0.0694. The number of amides is 1. The molecule has 0 aliphatic rings. The van der Waals surface area contributed by atoms with Gasteiger partial charge in [-0.05, 0) is 22.0 Å². The lowest BCUT2D eigenvalue weighted by Crippen LogP contribution is -2.27. The molecule has 2 aromatic rings. The molecule has 0 bridgehead atoms. The second kappa shape index (κ2) is 6.83. The number of aromatic nitrogens is 1. The zero-order valence-corrected chi connectivity index (χ0v) is 14.2. The zero-order chi connectivity index (χ0) is 13.8. The Morgan fingerprint density at radius 3 is 2.84 bits per heavy atom. The van der Waals surface area contributed by atoms with Crippen LogP contribution in [0.15, 0.2) is 21.3 Å². The second-order valence-electron chi connectivity index (χ2n) is 4.02. The van der Waals surface area contributed by atoms with Gasteiger partial charge in [-0.3, -0.25) is 4.79 Å². The van der Waals surface area contributed by atoms with Gasteiger partial charge in [-0.1, -0.05) is 0 Å². The third-order valence-corrected chi connectivity index (χ3v) is 5.33. The maximum atomic E-state index is 12.1. The molecule has 0 saturated carbocycles. The molecule has 0 fully saturated rings. The molecule has 2 heterocycles. The average molecular weight is 380 g/mol. The largest absolute Gasteiger partial charge is 0.340 e. The van der Waals surface area contributed by atoms with Crippen LogP contribution in [0.25, 0.3) is 0 Å². The minimum Gasteiger partial charge on any atom is -0.340 e. The number of likely N-dealkylation sites (N-methyl/N-ethyl adjacent to an activating group) is 1. The first-order chi connectivity index (χ1) is 9.08. The maximum Gasteiger partial charge on any atom is 0.229 e. The summed E-state index contributed by atoms with van der Waals surface area (Å²) in [5.74, 6) is 0.462. The van der Waals surface area contributed by atoms with E-state index in [4.69, 9.17) is 11.6 Å². The highest BCUT2D eigenvalue weighted by atomic mass is 79.9. The van der Waals surface area contributed by atoms with Crippen LogP contribution in [0.5, 0.6) is 0 Å². The number of thiophene rings is 1. The Hall–Kier alpha value is -0.430. The van der Waals surface area contributed by atoms with E-state index >= 15 is 0 Å². The van der Waals surface area contributed by atoms with Gasteiger partial charge in [0.15, 0.2) is 0 Å². The molecule has 0 saturated heterocycles. The van der Waals surface area contributed by atoms with Crippen LogP contribution >= 0.6 is 50.2 Å². The van der Waals surface area contributed by atoms with Crippen molar-refractivity contribution in [1.29, 1.82) is 0 Å². The first kappa shape index (κ1) is 15.0. The first-order valence-electron chi connectivity index (χ1n) is 5.54. The van der Waals surface area contributed by atoms with Crippen LogP contribution < -0.4 is 0 Å². The van der Waals surface area contributed by atoms with Crippen LogP contribution in [0.3, 0.4) is 0 Å². The van der Waals surface area contributed by atoms with Crippen LogP contribution in [0.4, 0.5) is 0 Å². The summed E-state index contributed by atoms with van der Waals surface area (Å²) < 4.78 is 1.06. The predicted molar refractivity (Wildman–Crippen MR) is 83.9 cm³/mol. The molecule has 0 radical (unpaired) electrons. The zero-order valence-electron chi connectivity index (χ0n) is 10.2. The Kier molecular flexibility index (Phi) is 5.38. The van der Waals surface area contributed by atoms with Crippen molar-refractivity contribution >= 4 is 56.1 Å². The third-order valence-electron chi connectivity index (χ3n) is 2.48. The molecule has 0 N–H and O–H groups in total. The van der Waals surface area contributed by atoms with Crippen molar-refractivity contribution in [3.05, 3.63) is 36.9 Å². The Bertz CT molecular complexity index is 570. The van der Waals surface area contributed by atoms with E-state index in [1.807, 2.05) is 23.9 Å². The van der Waals surface area contributed by atoms with E-state index in [-0.39, 0.29) is 5.91 Å². The van der Waals surface area contributed by atoms with E-state index in [9.17, 15) is 4.79 Å². The highest BCUT2D eigenvalue weighted by Gasteiger charge is 2.13. The molecule has 0 atom stereocenters. The second-order valence-corrected chi connectivity index (χ2v) is 7.15. The molecule has 0 spiro atoms. The first-order valence-corrected chi connectivity index (χ1v) is 8.63. The van der Waals surface area contributed by atoms with Gasteiger partial charge in [0.25, 0.3) is 0 Å². The predicted octanol–water partition coefficient (Wildman–Crippen LogP) is 3.91. The van der Waals surface area contributed by atoms with Crippen LogP contribution in [-0.4, -0.2) is 22.8 Å². The summed E-state index contributed by atoms with van der Waals surface area (Å²) in [5.41, 5.74) is 0.833. The van der Waals surface area contributed by atoms with Gasteiger partial charge in [0.2, 0.25) is 5.91 Å². The monoisotopic (exact) mass is 378 g/mol. The molecule has 3 nitrogen and oxygen atoms in total. The summed E-state index contributed by atoms with van der Waals surface area (Å²) in [5, 5.41) is 4.73. The molecule has 2 aromatic heterocycles. The number of thiazole rings is 1. The maximum absolute atomic E-state index is 12.1. The van der Waals surface area contributed by atoms with Gasteiger partial charge >= 0.3 is 0 Å². The van der Waals surface area contributed by atoms with Crippen molar-refractivity contribution in [3.8, 4) is 0 Å². The number of carbonyl (C=O) groups excluding carboxylic acids is 1. The van der Waals surface area contributed by atoms with Crippen LogP contribution in [0.2, 0.25) is 0 Å². The lowest BCUT2D eigenvalue weighted by Gasteiger charge is -2.15. The van der Waals surface area contributed by atoms with Crippen molar-refractivity contribution in [1.82, 2.24) is 9.88 Å². The van der Waals surface area contributed by atoms with E-state index in [0.29, 0.717) is 18.8 Å². The molecule has 0 aliphatic heterocycles. The van der Waals surface area contributed by atoms with Crippen molar-refractivity contribution in [2.75, 3.05) is 7.05 Å². The number of alkyl halides is 1. The Labute approximate surface area is 133 Å². The summed E-state index contributed by atoms with van der Waals surface area (Å²) >= 11 is 12.2. The van der Waals surface area contributed by atoms with Gasteiger partial charge in [0.05, 0.1) is 24.5 Å². The van der Waals surface area contributed by atoms with Crippen LogP contribution in [0.1, 0.15) is 15.6 Å². The molecule has 0 aliphatic carbocycles. The van der Waals surface area contributed by atoms with Gasteiger partial charge in [-0.15, -0.1) is 34.3 Å². The van der Waals surface area contributed by atoms with Gasteiger partial charge in [0.1, 0.15) is 5.01 Å². The normalized spacial score (nSPS) is 10.7. The SMILES string of the molecule is CN(Cc1cc(Br)cs1)C(=O)Cc1nc(CCl)cs1. The lowest BCUT2D eigenvalue weighted by atomic mass is 10.3. The van der Waals surface area contributed by atoms with E-state index in [1.165, 1.54) is 11.3 Å². The fourth-order valence-electron chi connectivity index (χ4n) is 1.51. The van der Waals surface area contributed by atoms with E-state index in [1.54, 1.807) is 16.2 Å². The van der Waals surface area contributed by atoms with Gasteiger partial charge in [-0.2, -0.15) is 0 Å². The molecule has 7 heteroatoms. The van der Waals surface area contributed by atoms with Crippen LogP contribution in [-0.2, 0) is 23.6 Å². The average Bonchev–Trinajstić information content (AvgIpc) is 2.98. The lowest BCUT2D eigenvalue weighted by molar-refractivity contribution is -0.129. The molecule has 2 rings (SSSR count). The number of hydrogen-bond acceptors (Lipinski definition) is 4. The number of rotatable bonds is 5. The summed E-state index contributed by atoms with van der Waals surface area (Å²) in [6, 6.07) is 2.03. The van der Waals surface area contributed by atoms with Crippen molar-refractivity contribution in [2.24, 2.45) is 0 Å². The molecule has 102 valence electrons. The molecule has 0 aromatic carbocycles. The third kappa shape index (κ3) is 4.27. The van der Waals surface area contributed by atoms with Crippen molar-refractivity contribution < 1.29 is 4.79 Å². The minimum atomic E-state index is 0.0694. The van der Waals surface area contributed by atoms with Gasteiger partial charge in [-0.25, -0.2) is 4.98 Å². The standard InChI is InChI=1S/C12H12BrClN2OS2/c1-16(5-10-2-8(13)6-18-10)12(17)3-11-15-9(4-14)7-19-11/h2,6-7H,3-5H2,1H3. The summed E-state index contributed by atoms with van der Waals surface area (Å²) in [7, 11) is 1.81. The van der Waals surface area contributed by atoms with Crippen molar-refractivity contribution in [3.63, 3.8) is 0 Å². The fourth-order valence-corrected chi connectivity index (χ4v) is 4.03. The van der Waals surface area contributed by atoms with Crippen molar-refractivity contribution in [2.45, 2.75) is 18.8 Å². The van der Waals surface area contributed by atoms with E-state index in [2.05, 4.69) is 20.9 Å². The molecule has 19 heavy (non-hydrogen) atoms. The van der Waals surface area contributed by atoms with E-state index < -0.39 is 0 Å². The van der Waals surface area contributed by atoms with Gasteiger partial charge in [0, 0.05) is 27.2 Å². The molecule has 1 amide bonds. The van der Waals surface area contributed by atoms with Gasteiger partial charge < -0.3 is 4.90 Å². The quantitative estimate of drug-likeness (QED) is 0.738. The number of carbonyl (C=O) groups is 1. The Morgan fingerprint density at radius 1 is 1.47 bits per heavy atom.